The molecule has 3 aliphatic heterocycles. The number of anilines is 1. The molecule has 2 atom stereocenters. The summed E-state index contributed by atoms with van der Waals surface area (Å²) in [6.45, 7) is 7.06. The lowest BCUT2D eigenvalue weighted by molar-refractivity contribution is -0.136. The lowest BCUT2D eigenvalue weighted by atomic mass is 10.0. The van der Waals surface area contributed by atoms with Gasteiger partial charge < -0.3 is 20.0 Å². The zero-order valence-electron chi connectivity index (χ0n) is 23.8. The van der Waals surface area contributed by atoms with Crippen LogP contribution in [-0.4, -0.2) is 75.4 Å². The Balaban J connectivity index is 1.14. The molecule has 0 spiro atoms. The standard InChI is InChI=1S/C32H42N4O3S/c1-23(2)14-20-36-30(13-12-24-8-4-3-5-9-24)40-28(31(36)38)22-29(37)34-18-16-26(17-19-34)35-21-15-25-10-6-7-11-27(25)33-32(35)39/h3-11,23,26,28,30H,12-22H2,1-2H3,(H,33,39). The molecular formula is C32H42N4O3S. The van der Waals surface area contributed by atoms with Crippen LogP contribution in [0.25, 0.3) is 0 Å². The van der Waals surface area contributed by atoms with Gasteiger partial charge in [-0.3, -0.25) is 9.59 Å². The number of hydrogen-bond acceptors (Lipinski definition) is 4. The second-order valence-corrected chi connectivity index (χ2v) is 13.0. The van der Waals surface area contributed by atoms with Crippen LogP contribution >= 0.6 is 11.8 Å². The predicted molar refractivity (Wildman–Crippen MR) is 161 cm³/mol. The number of hydrogen-bond donors (Lipinski definition) is 1. The normalized spacial score (nSPS) is 21.9. The highest BCUT2D eigenvalue weighted by Crippen LogP contribution is 2.37. The Kier molecular flexibility index (Phi) is 9.35. The molecule has 2 unspecified atom stereocenters. The fourth-order valence-corrected chi connectivity index (χ4v) is 7.53. The molecule has 2 aromatic carbocycles. The summed E-state index contributed by atoms with van der Waals surface area (Å²) in [6, 6.07) is 18.5. The van der Waals surface area contributed by atoms with Crippen LogP contribution in [0.15, 0.2) is 54.6 Å². The Morgan fingerprint density at radius 2 is 1.73 bits per heavy atom. The van der Waals surface area contributed by atoms with Gasteiger partial charge in [0.25, 0.3) is 0 Å². The minimum absolute atomic E-state index is 0.0503. The van der Waals surface area contributed by atoms with E-state index in [-0.39, 0.29) is 40.9 Å². The van der Waals surface area contributed by atoms with E-state index in [1.807, 2.05) is 39.0 Å². The third-order valence-electron chi connectivity index (χ3n) is 8.46. The smallest absolute Gasteiger partial charge is 0.322 e. The van der Waals surface area contributed by atoms with Crippen LogP contribution in [0.2, 0.25) is 0 Å². The van der Waals surface area contributed by atoms with Crippen molar-refractivity contribution < 1.29 is 14.4 Å². The first kappa shape index (κ1) is 28.5. The van der Waals surface area contributed by atoms with Crippen molar-refractivity contribution in [3.05, 3.63) is 65.7 Å². The molecule has 1 N–H and O–H groups in total. The number of amides is 4. The Bertz CT molecular complexity index is 1180. The van der Waals surface area contributed by atoms with Crippen molar-refractivity contribution in [3.8, 4) is 0 Å². The number of nitrogens with one attached hydrogen (secondary N) is 1. The summed E-state index contributed by atoms with van der Waals surface area (Å²) in [5.41, 5.74) is 3.34. The van der Waals surface area contributed by atoms with Crippen molar-refractivity contribution >= 4 is 35.3 Å². The van der Waals surface area contributed by atoms with E-state index in [0.29, 0.717) is 25.6 Å². The first-order valence-corrected chi connectivity index (χ1v) is 15.8. The predicted octanol–water partition coefficient (Wildman–Crippen LogP) is 5.41. The molecule has 0 aromatic heterocycles. The van der Waals surface area contributed by atoms with Crippen LogP contribution < -0.4 is 5.32 Å². The summed E-state index contributed by atoms with van der Waals surface area (Å²) in [7, 11) is 0. The maximum Gasteiger partial charge on any atom is 0.322 e. The largest absolute Gasteiger partial charge is 0.342 e. The summed E-state index contributed by atoms with van der Waals surface area (Å²) in [5, 5.41) is 2.86. The topological polar surface area (TPSA) is 73.0 Å². The van der Waals surface area contributed by atoms with Gasteiger partial charge in [0.2, 0.25) is 11.8 Å². The summed E-state index contributed by atoms with van der Waals surface area (Å²) in [4.78, 5) is 45.7. The number of urea groups is 1. The van der Waals surface area contributed by atoms with Crippen LogP contribution in [0.1, 0.15) is 57.1 Å². The summed E-state index contributed by atoms with van der Waals surface area (Å²) >= 11 is 1.68. The summed E-state index contributed by atoms with van der Waals surface area (Å²) < 4.78 is 0. The van der Waals surface area contributed by atoms with Gasteiger partial charge in [0.05, 0.1) is 10.6 Å². The van der Waals surface area contributed by atoms with E-state index >= 15 is 0 Å². The number of thioether (sulfide) groups is 1. The van der Waals surface area contributed by atoms with E-state index in [9.17, 15) is 14.4 Å². The van der Waals surface area contributed by atoms with Crippen molar-refractivity contribution in [2.24, 2.45) is 5.92 Å². The number of carbonyl (C=O) groups is 3. The molecule has 5 rings (SSSR count). The van der Waals surface area contributed by atoms with Crippen LogP contribution in [0, 0.1) is 5.92 Å². The van der Waals surface area contributed by atoms with Gasteiger partial charge in [0.1, 0.15) is 0 Å². The van der Waals surface area contributed by atoms with E-state index in [4.69, 9.17) is 0 Å². The fraction of sp³-hybridized carbons (Fsp3) is 0.531. The lowest BCUT2D eigenvalue weighted by Gasteiger charge is -2.38. The van der Waals surface area contributed by atoms with Crippen molar-refractivity contribution in [1.82, 2.24) is 14.7 Å². The molecule has 0 bridgehead atoms. The molecule has 0 aliphatic carbocycles. The van der Waals surface area contributed by atoms with Crippen molar-refractivity contribution in [2.75, 3.05) is 31.5 Å². The minimum atomic E-state index is -0.312. The van der Waals surface area contributed by atoms with Crippen molar-refractivity contribution in [3.63, 3.8) is 0 Å². The Hall–Kier alpha value is -3.00. The average Bonchev–Trinajstić information content (AvgIpc) is 3.14. The molecule has 4 amide bonds. The number of benzene rings is 2. The SMILES string of the molecule is CC(C)CCN1C(=O)C(CC(=O)N2CCC(N3CCc4ccccc4NC3=O)CC2)SC1CCc1ccccc1. The van der Waals surface area contributed by atoms with Crippen LogP contribution in [-0.2, 0) is 22.4 Å². The average molecular weight is 563 g/mol. The number of likely N-dealkylation sites (tertiary alicyclic amines) is 1. The van der Waals surface area contributed by atoms with Gasteiger partial charge in [-0.15, -0.1) is 11.8 Å². The molecular weight excluding hydrogens is 520 g/mol. The van der Waals surface area contributed by atoms with Gasteiger partial charge in [-0.05, 0) is 61.6 Å². The van der Waals surface area contributed by atoms with Gasteiger partial charge in [0.15, 0.2) is 0 Å². The quantitative estimate of drug-likeness (QED) is 0.444. The first-order chi connectivity index (χ1) is 19.4. The van der Waals surface area contributed by atoms with Gasteiger partial charge in [0, 0.05) is 44.3 Å². The third-order valence-corrected chi connectivity index (χ3v) is 9.96. The van der Waals surface area contributed by atoms with Gasteiger partial charge in [-0.1, -0.05) is 62.4 Å². The lowest BCUT2D eigenvalue weighted by Crippen LogP contribution is -2.50. The number of para-hydroxylation sites is 1. The van der Waals surface area contributed by atoms with E-state index in [1.54, 1.807) is 11.8 Å². The molecule has 3 aliphatic rings. The Labute approximate surface area is 242 Å². The first-order valence-electron chi connectivity index (χ1n) is 14.8. The van der Waals surface area contributed by atoms with Crippen molar-refractivity contribution in [2.45, 2.75) is 75.5 Å². The number of aryl methyl sites for hydroxylation is 1. The molecule has 3 heterocycles. The summed E-state index contributed by atoms with van der Waals surface area (Å²) in [6.07, 6.45) is 5.41. The van der Waals surface area contributed by atoms with Crippen LogP contribution in [0.4, 0.5) is 10.5 Å². The monoisotopic (exact) mass is 562 g/mol. The fourth-order valence-electron chi connectivity index (χ4n) is 6.05. The minimum Gasteiger partial charge on any atom is -0.342 e. The maximum atomic E-state index is 13.5. The molecule has 8 heteroatoms. The van der Waals surface area contributed by atoms with Crippen molar-refractivity contribution in [1.29, 1.82) is 0 Å². The Morgan fingerprint density at radius 1 is 1.00 bits per heavy atom. The van der Waals surface area contributed by atoms with Crippen LogP contribution in [0.3, 0.4) is 0 Å². The van der Waals surface area contributed by atoms with Gasteiger partial charge in [-0.2, -0.15) is 0 Å². The zero-order chi connectivity index (χ0) is 28.1. The number of piperidine rings is 1. The van der Waals surface area contributed by atoms with Gasteiger partial charge >= 0.3 is 6.03 Å². The number of nitrogens with zero attached hydrogens (tertiary/aromatic N) is 3. The molecule has 0 radical (unpaired) electrons. The van der Waals surface area contributed by atoms with E-state index in [0.717, 1.165) is 56.3 Å². The molecule has 214 valence electrons. The highest BCUT2D eigenvalue weighted by molar-refractivity contribution is 8.01. The Morgan fingerprint density at radius 3 is 2.48 bits per heavy atom. The van der Waals surface area contributed by atoms with E-state index in [2.05, 4.69) is 49.5 Å². The third kappa shape index (κ3) is 6.82. The highest BCUT2D eigenvalue weighted by Gasteiger charge is 2.41. The number of rotatable bonds is 9. The molecule has 7 nitrogen and oxygen atoms in total. The molecule has 2 fully saturated rings. The second kappa shape index (κ2) is 13.1. The van der Waals surface area contributed by atoms with Gasteiger partial charge in [-0.25, -0.2) is 4.79 Å². The molecule has 0 saturated carbocycles. The zero-order valence-corrected chi connectivity index (χ0v) is 24.6. The summed E-state index contributed by atoms with van der Waals surface area (Å²) in [5.74, 6) is 0.701. The molecule has 2 aromatic rings. The number of carbonyl (C=O) groups excluding carboxylic acids is 3. The molecule has 2 saturated heterocycles. The number of fused-ring (bicyclic) bond motifs is 1. The van der Waals surface area contributed by atoms with Crippen LogP contribution in [0.5, 0.6) is 0 Å². The maximum absolute atomic E-state index is 13.5. The second-order valence-electron chi connectivity index (χ2n) is 11.7. The molecule has 40 heavy (non-hydrogen) atoms. The van der Waals surface area contributed by atoms with E-state index < -0.39 is 0 Å². The van der Waals surface area contributed by atoms with E-state index in [1.165, 1.54) is 5.56 Å². The highest BCUT2D eigenvalue weighted by atomic mass is 32.2.